The number of hydrogen-bond donors (Lipinski definition) is 6. The van der Waals surface area contributed by atoms with Gasteiger partial charge < -0.3 is 31.5 Å². The van der Waals surface area contributed by atoms with Gasteiger partial charge in [-0.25, -0.2) is 0 Å². The molecule has 0 heterocycles. The van der Waals surface area contributed by atoms with Crippen LogP contribution in [0.2, 0.25) is 0 Å². The number of aliphatic hydroxyl groups is 3. The number of benzene rings is 1. The second-order valence-corrected chi connectivity index (χ2v) is 9.28. The largest absolute Gasteiger partial charge is 0.510 e. The fourth-order valence-corrected chi connectivity index (χ4v) is 5.60. The summed E-state index contributed by atoms with van der Waals surface area (Å²) < 4.78 is 0. The molecule has 0 aliphatic heterocycles. The molecule has 4 rings (SSSR count). The van der Waals surface area contributed by atoms with Gasteiger partial charge >= 0.3 is 0 Å². The van der Waals surface area contributed by atoms with Crippen molar-refractivity contribution in [2.24, 2.45) is 17.6 Å². The highest BCUT2D eigenvalue weighted by Gasteiger charge is 2.63. The number of Topliss-reactive ketones (excluding diaryl/α,β-unsaturated/α-hetero) is 2. The first-order chi connectivity index (χ1) is 16.5. The standard InChI is InChI=1S/C25H27N3O7/c1-27-8-4-5-11-6-7-15(29)17-13(11)9-12-10-14-19(28(2)3)21(31)18(24(26)34)23(33)25(14,35)22(32)16(12)20(17)30/h6-7,12,14,19,27,29,31-32,35H,8-10H2,1-3H3,(H2,26,34)/t12-,14-,19-,25-/m0/s1. The molecule has 35 heavy (non-hydrogen) atoms. The lowest BCUT2D eigenvalue weighted by Gasteiger charge is -2.50. The number of likely N-dealkylation sites (N-methyl/N-ethyl adjacent to an activating group) is 1. The van der Waals surface area contributed by atoms with Crippen molar-refractivity contribution in [3.8, 4) is 17.6 Å². The fourth-order valence-electron chi connectivity index (χ4n) is 5.60. The van der Waals surface area contributed by atoms with Crippen molar-refractivity contribution in [3.05, 3.63) is 51.5 Å². The van der Waals surface area contributed by atoms with Crippen LogP contribution in [0.25, 0.3) is 0 Å². The zero-order valence-corrected chi connectivity index (χ0v) is 19.5. The van der Waals surface area contributed by atoms with Crippen molar-refractivity contribution in [1.82, 2.24) is 10.2 Å². The number of allylic oxidation sites excluding steroid dienone is 1. The SMILES string of the molecule is CNCC#Cc1ccc(O)c2c1C[C@H]1C[C@H]3[C@H](N(C)C)C(O)=C(C(N)=O)C(=O)[C@@]3(O)C(O)=C1C2=O. The summed E-state index contributed by atoms with van der Waals surface area (Å²) in [4.78, 5) is 40.3. The van der Waals surface area contributed by atoms with E-state index in [4.69, 9.17) is 5.73 Å². The maximum absolute atomic E-state index is 13.6. The van der Waals surface area contributed by atoms with E-state index in [2.05, 4.69) is 17.2 Å². The highest BCUT2D eigenvalue weighted by Crippen LogP contribution is 2.52. The van der Waals surface area contributed by atoms with Gasteiger partial charge in [-0.3, -0.25) is 19.3 Å². The summed E-state index contributed by atoms with van der Waals surface area (Å²) in [7, 11) is 4.91. The molecular formula is C25H27N3O7. The normalized spacial score (nSPS) is 27.7. The number of nitrogens with two attached hydrogens (primary N) is 1. The number of primary amides is 1. The van der Waals surface area contributed by atoms with Crippen LogP contribution in [0, 0.1) is 23.7 Å². The summed E-state index contributed by atoms with van der Waals surface area (Å²) in [5.41, 5.74) is 2.65. The number of aliphatic hydroxyl groups excluding tert-OH is 2. The molecule has 10 heteroatoms. The molecule has 0 spiro atoms. The number of aromatic hydroxyl groups is 1. The van der Waals surface area contributed by atoms with Crippen molar-refractivity contribution < 1.29 is 34.8 Å². The smallest absolute Gasteiger partial charge is 0.255 e. The Morgan fingerprint density at radius 3 is 2.54 bits per heavy atom. The van der Waals surface area contributed by atoms with Gasteiger partial charge in [0.2, 0.25) is 5.78 Å². The molecule has 7 N–H and O–H groups in total. The van der Waals surface area contributed by atoms with Gasteiger partial charge in [-0.1, -0.05) is 11.8 Å². The predicted molar refractivity (Wildman–Crippen MR) is 124 cm³/mol. The number of phenolic OH excluding ortho intramolecular Hbond substituents is 1. The Balaban J connectivity index is 1.94. The Hall–Kier alpha value is -3.65. The number of ketones is 2. The van der Waals surface area contributed by atoms with Crippen LogP contribution in [0.5, 0.6) is 5.75 Å². The number of nitrogens with zero attached hydrogens (tertiary/aromatic N) is 1. The molecule has 10 nitrogen and oxygen atoms in total. The predicted octanol–water partition coefficient (Wildman–Crippen LogP) is -0.308. The van der Waals surface area contributed by atoms with E-state index in [1.807, 2.05) is 0 Å². The number of fused-ring (bicyclic) bond motifs is 3. The Kier molecular flexibility index (Phi) is 5.97. The Labute approximate surface area is 201 Å². The molecule has 0 radical (unpaired) electrons. The second kappa shape index (κ2) is 8.53. The molecule has 0 aromatic heterocycles. The first-order valence-corrected chi connectivity index (χ1v) is 11.1. The Morgan fingerprint density at radius 1 is 1.26 bits per heavy atom. The maximum Gasteiger partial charge on any atom is 0.255 e. The molecule has 1 aromatic carbocycles. The quantitative estimate of drug-likeness (QED) is 0.250. The van der Waals surface area contributed by atoms with E-state index in [0.29, 0.717) is 17.7 Å². The van der Waals surface area contributed by atoms with E-state index < -0.39 is 58.0 Å². The van der Waals surface area contributed by atoms with Crippen LogP contribution < -0.4 is 11.1 Å². The summed E-state index contributed by atoms with van der Waals surface area (Å²) in [6.45, 7) is 0.411. The molecule has 3 aliphatic carbocycles. The monoisotopic (exact) mass is 481 g/mol. The molecule has 184 valence electrons. The number of hydrogen-bond acceptors (Lipinski definition) is 9. The van der Waals surface area contributed by atoms with Gasteiger partial charge in [0.25, 0.3) is 5.91 Å². The third kappa shape index (κ3) is 3.43. The molecule has 1 aromatic rings. The van der Waals surface area contributed by atoms with E-state index in [-0.39, 0.29) is 29.7 Å². The van der Waals surface area contributed by atoms with Crippen molar-refractivity contribution in [2.45, 2.75) is 24.5 Å². The molecule has 0 bridgehead atoms. The highest BCUT2D eigenvalue weighted by molar-refractivity contribution is 6.24. The minimum atomic E-state index is -2.65. The third-order valence-corrected chi connectivity index (χ3v) is 7.09. The van der Waals surface area contributed by atoms with Gasteiger partial charge in [-0.2, -0.15) is 0 Å². The average molecular weight is 482 g/mol. The average Bonchev–Trinajstić information content (AvgIpc) is 2.77. The van der Waals surface area contributed by atoms with Gasteiger partial charge in [-0.05, 0) is 57.6 Å². The van der Waals surface area contributed by atoms with Crippen LogP contribution >= 0.6 is 0 Å². The topological polar surface area (TPSA) is 173 Å². The van der Waals surface area contributed by atoms with Gasteiger partial charge in [0.1, 0.15) is 22.8 Å². The van der Waals surface area contributed by atoms with Gasteiger partial charge in [0.05, 0.1) is 18.2 Å². The maximum atomic E-state index is 13.6. The number of amides is 1. The zero-order chi connectivity index (χ0) is 25.8. The van der Waals surface area contributed by atoms with Gasteiger partial charge in [-0.15, -0.1) is 0 Å². The van der Waals surface area contributed by atoms with E-state index >= 15 is 0 Å². The van der Waals surface area contributed by atoms with Crippen molar-refractivity contribution in [3.63, 3.8) is 0 Å². The molecular weight excluding hydrogens is 454 g/mol. The fraction of sp³-hybridized carbons (Fsp3) is 0.400. The molecule has 4 atom stereocenters. The van der Waals surface area contributed by atoms with Crippen LogP contribution in [-0.2, 0) is 16.0 Å². The number of nitrogens with one attached hydrogen (secondary N) is 1. The lowest BCUT2D eigenvalue weighted by Crippen LogP contribution is -2.63. The number of carbonyl (C=O) groups is 3. The Morgan fingerprint density at radius 2 is 1.94 bits per heavy atom. The molecule has 0 fully saturated rings. The van der Waals surface area contributed by atoms with E-state index in [0.717, 1.165) is 0 Å². The lowest BCUT2D eigenvalue weighted by molar-refractivity contribution is -0.148. The minimum absolute atomic E-state index is 0.0325. The molecule has 1 amide bonds. The first kappa shape index (κ1) is 24.5. The van der Waals surface area contributed by atoms with E-state index in [1.54, 1.807) is 27.2 Å². The molecule has 0 unspecified atom stereocenters. The molecule has 0 saturated heterocycles. The summed E-state index contributed by atoms with van der Waals surface area (Å²) in [6, 6.07) is 1.91. The Bertz CT molecular complexity index is 1280. The van der Waals surface area contributed by atoms with Gasteiger partial charge in [0.15, 0.2) is 11.4 Å². The van der Waals surface area contributed by atoms with Crippen LogP contribution in [-0.4, -0.2) is 82.1 Å². The second-order valence-electron chi connectivity index (χ2n) is 9.28. The summed E-state index contributed by atoms with van der Waals surface area (Å²) in [5, 5.41) is 47.0. The number of phenols is 1. The number of rotatable bonds is 3. The van der Waals surface area contributed by atoms with Gasteiger partial charge in [0, 0.05) is 17.1 Å². The minimum Gasteiger partial charge on any atom is -0.510 e. The summed E-state index contributed by atoms with van der Waals surface area (Å²) >= 11 is 0. The first-order valence-electron chi connectivity index (χ1n) is 11.1. The highest BCUT2D eigenvalue weighted by atomic mass is 16.3. The third-order valence-electron chi connectivity index (χ3n) is 7.09. The van der Waals surface area contributed by atoms with Crippen molar-refractivity contribution >= 4 is 17.5 Å². The zero-order valence-electron chi connectivity index (χ0n) is 19.5. The molecule has 3 aliphatic rings. The van der Waals surface area contributed by atoms with Crippen LogP contribution in [0.15, 0.2) is 34.8 Å². The van der Waals surface area contributed by atoms with E-state index in [1.165, 1.54) is 11.0 Å². The van der Waals surface area contributed by atoms with Crippen molar-refractivity contribution in [2.75, 3.05) is 27.7 Å². The van der Waals surface area contributed by atoms with E-state index in [9.17, 15) is 34.8 Å². The summed E-state index contributed by atoms with van der Waals surface area (Å²) in [6.07, 6.45) is 0.233. The van der Waals surface area contributed by atoms with Crippen LogP contribution in [0.4, 0.5) is 0 Å². The molecule has 0 saturated carbocycles. The van der Waals surface area contributed by atoms with Crippen molar-refractivity contribution in [1.29, 1.82) is 0 Å². The van der Waals surface area contributed by atoms with Crippen LogP contribution in [0.1, 0.15) is 27.9 Å². The number of carbonyl (C=O) groups excluding carboxylic acids is 3. The lowest BCUT2D eigenvalue weighted by atomic mass is 9.58. The summed E-state index contributed by atoms with van der Waals surface area (Å²) in [5.74, 6) is -0.829. The van der Waals surface area contributed by atoms with Crippen LogP contribution in [0.3, 0.4) is 0 Å².